The standard InChI is InChI=1S/C13H18N2O5S/c1-13(2,21(3,19)20)8-14-12(18)15-10-6-4-5-9(7-10)11(16)17/h4-7H,8H2,1-3H3,(H,16,17)(H2,14,15,18). The Morgan fingerprint density at radius 3 is 2.43 bits per heavy atom. The molecule has 0 aliphatic rings. The van der Waals surface area contributed by atoms with E-state index in [0.29, 0.717) is 5.69 Å². The Morgan fingerprint density at radius 1 is 1.29 bits per heavy atom. The number of benzene rings is 1. The van der Waals surface area contributed by atoms with Gasteiger partial charge in [-0.2, -0.15) is 0 Å². The largest absolute Gasteiger partial charge is 0.478 e. The number of carbonyl (C=O) groups excluding carboxylic acids is 1. The van der Waals surface area contributed by atoms with Gasteiger partial charge in [-0.3, -0.25) is 0 Å². The minimum atomic E-state index is -3.31. The van der Waals surface area contributed by atoms with Gasteiger partial charge in [-0.15, -0.1) is 0 Å². The zero-order valence-electron chi connectivity index (χ0n) is 12.0. The lowest BCUT2D eigenvalue weighted by Gasteiger charge is -2.22. The first-order valence-corrected chi connectivity index (χ1v) is 8.00. The Kier molecular flexibility index (Phi) is 4.95. The van der Waals surface area contributed by atoms with Crippen LogP contribution in [0.25, 0.3) is 0 Å². The number of sulfone groups is 1. The molecule has 0 aromatic heterocycles. The van der Waals surface area contributed by atoms with E-state index >= 15 is 0 Å². The molecule has 21 heavy (non-hydrogen) atoms. The van der Waals surface area contributed by atoms with Gasteiger partial charge < -0.3 is 15.7 Å². The van der Waals surface area contributed by atoms with Crippen LogP contribution in [0.15, 0.2) is 24.3 Å². The predicted molar refractivity (Wildman–Crippen MR) is 79.3 cm³/mol. The SMILES string of the molecule is CC(C)(CNC(=O)Nc1cccc(C(=O)O)c1)S(C)(=O)=O. The topological polar surface area (TPSA) is 113 Å². The second-order valence-electron chi connectivity index (χ2n) is 5.23. The van der Waals surface area contributed by atoms with E-state index in [1.807, 2.05) is 0 Å². The van der Waals surface area contributed by atoms with Crippen molar-refractivity contribution < 1.29 is 23.1 Å². The van der Waals surface area contributed by atoms with Gasteiger partial charge in [0.25, 0.3) is 0 Å². The van der Waals surface area contributed by atoms with Gasteiger partial charge in [-0.25, -0.2) is 18.0 Å². The minimum Gasteiger partial charge on any atom is -0.478 e. The molecule has 0 atom stereocenters. The van der Waals surface area contributed by atoms with Crippen molar-refractivity contribution in [2.24, 2.45) is 0 Å². The normalized spacial score (nSPS) is 11.8. The number of urea groups is 1. The maximum atomic E-state index is 11.7. The number of aromatic carboxylic acids is 1. The molecular weight excluding hydrogens is 296 g/mol. The molecule has 0 radical (unpaired) electrons. The third-order valence-corrected chi connectivity index (χ3v) is 5.20. The Morgan fingerprint density at radius 2 is 1.90 bits per heavy atom. The number of nitrogens with one attached hydrogen (secondary N) is 2. The second-order valence-corrected chi connectivity index (χ2v) is 7.87. The summed E-state index contributed by atoms with van der Waals surface area (Å²) in [5.74, 6) is -1.10. The van der Waals surface area contributed by atoms with Crippen molar-refractivity contribution >= 4 is 27.5 Å². The molecule has 0 heterocycles. The highest BCUT2D eigenvalue weighted by atomic mass is 32.2. The highest BCUT2D eigenvalue weighted by Gasteiger charge is 2.30. The fraction of sp³-hybridized carbons (Fsp3) is 0.385. The van der Waals surface area contributed by atoms with Gasteiger partial charge in [0, 0.05) is 18.5 Å². The minimum absolute atomic E-state index is 0.0456. The molecule has 2 amide bonds. The van der Waals surface area contributed by atoms with E-state index in [1.54, 1.807) is 0 Å². The summed E-state index contributed by atoms with van der Waals surface area (Å²) in [6.45, 7) is 2.96. The second kappa shape index (κ2) is 6.13. The van der Waals surface area contributed by atoms with E-state index in [4.69, 9.17) is 5.11 Å². The first kappa shape index (κ1) is 17.0. The lowest BCUT2D eigenvalue weighted by Crippen LogP contribution is -2.45. The molecule has 1 aromatic carbocycles. The van der Waals surface area contributed by atoms with Crippen LogP contribution in [0.1, 0.15) is 24.2 Å². The molecule has 3 N–H and O–H groups in total. The summed E-state index contributed by atoms with van der Waals surface area (Å²) in [6, 6.07) is 5.14. The average molecular weight is 314 g/mol. The van der Waals surface area contributed by atoms with Gasteiger partial charge in [0.1, 0.15) is 0 Å². The number of anilines is 1. The zero-order chi connectivity index (χ0) is 16.3. The number of rotatable bonds is 5. The quantitative estimate of drug-likeness (QED) is 0.759. The molecule has 0 saturated heterocycles. The van der Waals surface area contributed by atoms with E-state index in [9.17, 15) is 18.0 Å². The number of carbonyl (C=O) groups is 2. The Labute approximate surface area is 123 Å². The number of hydrogen-bond donors (Lipinski definition) is 3. The van der Waals surface area contributed by atoms with Crippen molar-refractivity contribution in [1.82, 2.24) is 5.32 Å². The number of carboxylic acid groups (broad SMARTS) is 1. The third-order valence-electron chi connectivity index (χ3n) is 3.05. The van der Waals surface area contributed by atoms with Crippen molar-refractivity contribution in [1.29, 1.82) is 0 Å². The van der Waals surface area contributed by atoms with Gasteiger partial charge in [0.2, 0.25) is 0 Å². The monoisotopic (exact) mass is 314 g/mol. The van der Waals surface area contributed by atoms with Gasteiger partial charge in [-0.1, -0.05) is 6.07 Å². The lowest BCUT2D eigenvalue weighted by molar-refractivity contribution is 0.0697. The first-order valence-electron chi connectivity index (χ1n) is 6.11. The number of carboxylic acids is 1. The van der Waals surface area contributed by atoms with E-state index in [2.05, 4.69) is 10.6 Å². The fourth-order valence-corrected chi connectivity index (χ4v) is 1.66. The molecule has 116 valence electrons. The summed E-state index contributed by atoms with van der Waals surface area (Å²) in [7, 11) is -3.31. The van der Waals surface area contributed by atoms with Crippen molar-refractivity contribution in [2.45, 2.75) is 18.6 Å². The number of amides is 2. The highest BCUT2D eigenvalue weighted by molar-refractivity contribution is 7.92. The summed E-state index contributed by atoms with van der Waals surface area (Å²) in [5, 5.41) is 13.8. The van der Waals surface area contributed by atoms with Crippen LogP contribution in [0.2, 0.25) is 0 Å². The van der Waals surface area contributed by atoms with Crippen molar-refractivity contribution in [2.75, 3.05) is 18.1 Å². The van der Waals surface area contributed by atoms with Crippen LogP contribution >= 0.6 is 0 Å². The molecule has 0 spiro atoms. The summed E-state index contributed by atoms with van der Waals surface area (Å²) in [5.41, 5.74) is 0.355. The molecule has 8 heteroatoms. The summed E-state index contributed by atoms with van der Waals surface area (Å²) < 4.78 is 21.9. The van der Waals surface area contributed by atoms with Gasteiger partial charge >= 0.3 is 12.0 Å². The summed E-state index contributed by atoms with van der Waals surface area (Å²) >= 11 is 0. The fourth-order valence-electron chi connectivity index (χ4n) is 1.33. The van der Waals surface area contributed by atoms with E-state index < -0.39 is 26.6 Å². The molecule has 1 aromatic rings. The molecule has 0 bridgehead atoms. The molecule has 0 aliphatic carbocycles. The van der Waals surface area contributed by atoms with Crippen LogP contribution in [-0.2, 0) is 9.84 Å². The van der Waals surface area contributed by atoms with Crippen LogP contribution in [-0.4, -0.2) is 43.1 Å². The summed E-state index contributed by atoms with van der Waals surface area (Å²) in [4.78, 5) is 22.5. The maximum Gasteiger partial charge on any atom is 0.335 e. The molecule has 0 fully saturated rings. The Hall–Kier alpha value is -2.09. The smallest absolute Gasteiger partial charge is 0.335 e. The van der Waals surface area contributed by atoms with Gasteiger partial charge in [-0.05, 0) is 32.0 Å². The predicted octanol–water partition coefficient (Wildman–Crippen LogP) is 1.33. The average Bonchev–Trinajstić information content (AvgIpc) is 2.35. The van der Waals surface area contributed by atoms with Crippen LogP contribution in [0.4, 0.5) is 10.5 Å². The Balaban J connectivity index is 2.67. The van der Waals surface area contributed by atoms with Gasteiger partial charge in [0.05, 0.1) is 10.3 Å². The van der Waals surface area contributed by atoms with Crippen molar-refractivity contribution in [3.63, 3.8) is 0 Å². The molecule has 0 saturated carbocycles. The lowest BCUT2D eigenvalue weighted by atomic mass is 10.2. The molecular formula is C13H18N2O5S. The molecule has 7 nitrogen and oxygen atoms in total. The van der Waals surface area contributed by atoms with Crippen molar-refractivity contribution in [3.05, 3.63) is 29.8 Å². The van der Waals surface area contributed by atoms with E-state index in [0.717, 1.165) is 6.26 Å². The zero-order valence-corrected chi connectivity index (χ0v) is 12.8. The van der Waals surface area contributed by atoms with E-state index in [1.165, 1.54) is 38.1 Å². The molecule has 1 rings (SSSR count). The van der Waals surface area contributed by atoms with Crippen LogP contribution < -0.4 is 10.6 Å². The van der Waals surface area contributed by atoms with Crippen molar-refractivity contribution in [3.8, 4) is 0 Å². The van der Waals surface area contributed by atoms with E-state index in [-0.39, 0.29) is 12.1 Å². The molecule has 0 unspecified atom stereocenters. The van der Waals surface area contributed by atoms with Gasteiger partial charge in [0.15, 0.2) is 9.84 Å². The number of hydrogen-bond acceptors (Lipinski definition) is 4. The van der Waals surface area contributed by atoms with Crippen LogP contribution in [0, 0.1) is 0 Å². The van der Waals surface area contributed by atoms with Crippen LogP contribution in [0.5, 0.6) is 0 Å². The highest BCUT2D eigenvalue weighted by Crippen LogP contribution is 2.14. The third kappa shape index (κ3) is 4.75. The van der Waals surface area contributed by atoms with Crippen LogP contribution in [0.3, 0.4) is 0 Å². The molecule has 0 aliphatic heterocycles. The Bertz CT molecular complexity index is 652. The summed E-state index contributed by atoms with van der Waals surface area (Å²) in [6.07, 6.45) is 1.10. The first-order chi connectivity index (χ1) is 9.53. The maximum absolute atomic E-state index is 11.7.